The van der Waals surface area contributed by atoms with Crippen molar-refractivity contribution in [3.63, 3.8) is 0 Å². The summed E-state index contributed by atoms with van der Waals surface area (Å²) in [5.74, 6) is -0.268. The number of halogens is 2. The minimum atomic E-state index is -0.560. The van der Waals surface area contributed by atoms with E-state index in [9.17, 15) is 9.59 Å². The molecule has 2 N–H and O–H groups in total. The summed E-state index contributed by atoms with van der Waals surface area (Å²) in [4.78, 5) is 27.0. The van der Waals surface area contributed by atoms with Crippen LogP contribution < -0.4 is 10.6 Å². The van der Waals surface area contributed by atoms with Gasteiger partial charge in [0.25, 0.3) is 0 Å². The smallest absolute Gasteiger partial charge is 0.312 e. The number of likely N-dealkylation sites (tertiary alicyclic amines) is 1. The van der Waals surface area contributed by atoms with Crippen LogP contribution in [0, 0.1) is 0 Å². The molecule has 3 aromatic rings. The van der Waals surface area contributed by atoms with Crippen LogP contribution in [-0.2, 0) is 4.79 Å². The number of amides is 3. The Bertz CT molecular complexity index is 1080. The molecule has 0 bridgehead atoms. The first-order valence-corrected chi connectivity index (χ1v) is 11.2. The van der Waals surface area contributed by atoms with Gasteiger partial charge in [0.15, 0.2) is 0 Å². The Morgan fingerprint density at radius 3 is 2.70 bits per heavy atom. The number of hydrogen-bond donors (Lipinski definition) is 2. The summed E-state index contributed by atoms with van der Waals surface area (Å²) in [6.45, 7) is 0.511. The van der Waals surface area contributed by atoms with Gasteiger partial charge in [-0.05, 0) is 49.2 Å². The largest absolute Gasteiger partial charge is 0.322 e. The average Bonchev–Trinajstić information content (AvgIpc) is 3.39. The third-order valence-corrected chi connectivity index (χ3v) is 6.27. The molecule has 1 aliphatic rings. The predicted octanol–water partition coefficient (Wildman–Crippen LogP) is 5.26. The maximum absolute atomic E-state index is 12.8. The van der Waals surface area contributed by atoms with E-state index < -0.39 is 6.04 Å². The summed E-state index contributed by atoms with van der Waals surface area (Å²) >= 11 is 10.6. The van der Waals surface area contributed by atoms with Crippen LogP contribution in [0.4, 0.5) is 15.6 Å². The molecule has 1 saturated heterocycles. The van der Waals surface area contributed by atoms with E-state index in [-0.39, 0.29) is 11.9 Å². The SMILES string of the molecule is O=C(Nc1nnc(-c2cccc(Br)c2)s1)C1CCCN1C(=O)Nc1ccc(Cl)cc1. The lowest BCUT2D eigenvalue weighted by molar-refractivity contribution is -0.119. The number of hydrogen-bond acceptors (Lipinski definition) is 5. The molecule has 1 fully saturated rings. The van der Waals surface area contributed by atoms with Crippen LogP contribution in [0.25, 0.3) is 10.6 Å². The lowest BCUT2D eigenvalue weighted by Gasteiger charge is -2.23. The lowest BCUT2D eigenvalue weighted by atomic mass is 10.2. The van der Waals surface area contributed by atoms with Gasteiger partial charge in [-0.25, -0.2) is 4.79 Å². The average molecular weight is 507 g/mol. The molecule has 154 valence electrons. The van der Waals surface area contributed by atoms with Crippen molar-refractivity contribution < 1.29 is 9.59 Å². The summed E-state index contributed by atoms with van der Waals surface area (Å²) in [5.41, 5.74) is 1.53. The minimum Gasteiger partial charge on any atom is -0.312 e. The molecule has 2 heterocycles. The Kier molecular flexibility index (Phi) is 6.31. The van der Waals surface area contributed by atoms with Gasteiger partial charge >= 0.3 is 6.03 Å². The second kappa shape index (κ2) is 9.11. The van der Waals surface area contributed by atoms with Gasteiger partial charge in [0, 0.05) is 27.3 Å². The monoisotopic (exact) mass is 505 g/mol. The van der Waals surface area contributed by atoms with Crippen molar-refractivity contribution in [1.82, 2.24) is 15.1 Å². The van der Waals surface area contributed by atoms with Crippen LogP contribution in [0.1, 0.15) is 12.8 Å². The highest BCUT2D eigenvalue weighted by Crippen LogP contribution is 2.29. The number of aromatic nitrogens is 2. The van der Waals surface area contributed by atoms with Crippen molar-refractivity contribution in [2.75, 3.05) is 17.2 Å². The van der Waals surface area contributed by atoms with E-state index in [1.807, 2.05) is 24.3 Å². The van der Waals surface area contributed by atoms with Gasteiger partial charge in [0.2, 0.25) is 11.0 Å². The van der Waals surface area contributed by atoms with Crippen molar-refractivity contribution in [3.05, 3.63) is 58.0 Å². The Labute approximate surface area is 190 Å². The first-order valence-electron chi connectivity index (χ1n) is 9.23. The van der Waals surface area contributed by atoms with Crippen LogP contribution in [-0.4, -0.2) is 39.6 Å². The molecule has 1 aliphatic heterocycles. The van der Waals surface area contributed by atoms with Crippen LogP contribution >= 0.6 is 38.9 Å². The number of carbonyl (C=O) groups is 2. The Hall–Kier alpha value is -2.49. The number of urea groups is 1. The van der Waals surface area contributed by atoms with E-state index in [4.69, 9.17) is 11.6 Å². The van der Waals surface area contributed by atoms with E-state index >= 15 is 0 Å². The normalized spacial score (nSPS) is 15.8. The van der Waals surface area contributed by atoms with E-state index in [2.05, 4.69) is 36.8 Å². The molecule has 7 nitrogen and oxygen atoms in total. The Morgan fingerprint density at radius 2 is 1.93 bits per heavy atom. The number of carbonyl (C=O) groups excluding carboxylic acids is 2. The molecule has 2 aromatic carbocycles. The zero-order valence-electron chi connectivity index (χ0n) is 15.6. The number of anilines is 2. The molecule has 1 unspecified atom stereocenters. The van der Waals surface area contributed by atoms with Crippen molar-refractivity contribution in [1.29, 1.82) is 0 Å². The fourth-order valence-corrected chi connectivity index (χ4v) is 4.48. The molecule has 0 spiro atoms. The summed E-state index contributed by atoms with van der Waals surface area (Å²) in [5, 5.41) is 15.5. The van der Waals surface area contributed by atoms with Crippen molar-refractivity contribution >= 4 is 61.6 Å². The third-order valence-electron chi connectivity index (χ3n) is 4.64. The molecular weight excluding hydrogens is 490 g/mol. The Morgan fingerprint density at radius 1 is 1.13 bits per heavy atom. The number of rotatable bonds is 4. The fourth-order valence-electron chi connectivity index (χ4n) is 3.21. The lowest BCUT2D eigenvalue weighted by Crippen LogP contribution is -2.45. The summed E-state index contributed by atoms with van der Waals surface area (Å²) in [6, 6.07) is 13.7. The number of nitrogens with one attached hydrogen (secondary N) is 2. The molecule has 0 saturated carbocycles. The highest BCUT2D eigenvalue weighted by Gasteiger charge is 2.34. The summed E-state index contributed by atoms with van der Waals surface area (Å²) in [7, 11) is 0. The highest BCUT2D eigenvalue weighted by molar-refractivity contribution is 9.10. The number of benzene rings is 2. The zero-order chi connectivity index (χ0) is 21.1. The third kappa shape index (κ3) is 4.80. The maximum atomic E-state index is 12.8. The molecule has 1 atom stereocenters. The molecule has 0 radical (unpaired) electrons. The predicted molar refractivity (Wildman–Crippen MR) is 122 cm³/mol. The van der Waals surface area contributed by atoms with E-state index in [0.717, 1.165) is 16.5 Å². The number of nitrogens with zero attached hydrogens (tertiary/aromatic N) is 3. The Balaban J connectivity index is 1.41. The quantitative estimate of drug-likeness (QED) is 0.505. The second-order valence-electron chi connectivity index (χ2n) is 6.70. The molecule has 4 rings (SSSR count). The zero-order valence-corrected chi connectivity index (χ0v) is 18.8. The van der Waals surface area contributed by atoms with Crippen molar-refractivity contribution in [2.24, 2.45) is 0 Å². The fraction of sp³-hybridized carbons (Fsp3) is 0.200. The van der Waals surface area contributed by atoms with Gasteiger partial charge in [0.1, 0.15) is 11.0 Å². The van der Waals surface area contributed by atoms with Gasteiger partial charge in [0.05, 0.1) is 0 Å². The van der Waals surface area contributed by atoms with Gasteiger partial charge in [-0.3, -0.25) is 10.1 Å². The molecule has 0 aliphatic carbocycles. The van der Waals surface area contributed by atoms with Gasteiger partial charge in [-0.2, -0.15) is 0 Å². The van der Waals surface area contributed by atoms with Gasteiger partial charge in [-0.1, -0.05) is 51.0 Å². The van der Waals surface area contributed by atoms with Crippen LogP contribution in [0.2, 0.25) is 5.02 Å². The van der Waals surface area contributed by atoms with E-state index in [1.54, 1.807) is 29.2 Å². The second-order valence-corrected chi connectivity index (χ2v) is 9.03. The molecule has 10 heteroatoms. The molecule has 3 amide bonds. The topological polar surface area (TPSA) is 87.2 Å². The first kappa shape index (κ1) is 20.8. The van der Waals surface area contributed by atoms with E-state index in [1.165, 1.54) is 11.3 Å². The van der Waals surface area contributed by atoms with E-state index in [0.29, 0.717) is 33.8 Å². The summed E-state index contributed by atoms with van der Waals surface area (Å²) in [6.07, 6.45) is 1.35. The van der Waals surface area contributed by atoms with Crippen LogP contribution in [0.15, 0.2) is 53.0 Å². The summed E-state index contributed by atoms with van der Waals surface area (Å²) < 4.78 is 0.939. The maximum Gasteiger partial charge on any atom is 0.322 e. The standard InChI is InChI=1S/C20H17BrClN5O2S/c21-13-4-1-3-12(11-13)18-25-26-19(30-18)24-17(28)16-5-2-10-27(16)20(29)23-15-8-6-14(22)7-9-15/h1,3-4,6-9,11,16H,2,5,10H2,(H,23,29)(H,24,26,28). The van der Waals surface area contributed by atoms with Gasteiger partial charge < -0.3 is 10.2 Å². The highest BCUT2D eigenvalue weighted by atomic mass is 79.9. The van der Waals surface area contributed by atoms with Crippen LogP contribution in [0.5, 0.6) is 0 Å². The molecular formula is C20H17BrClN5O2S. The van der Waals surface area contributed by atoms with Gasteiger partial charge in [-0.15, -0.1) is 10.2 Å². The minimum absolute atomic E-state index is 0.268. The molecule has 1 aromatic heterocycles. The molecule has 30 heavy (non-hydrogen) atoms. The van der Waals surface area contributed by atoms with Crippen molar-refractivity contribution in [2.45, 2.75) is 18.9 Å². The van der Waals surface area contributed by atoms with Crippen LogP contribution in [0.3, 0.4) is 0 Å². The first-order chi connectivity index (χ1) is 14.5. The van der Waals surface area contributed by atoms with Crippen molar-refractivity contribution in [3.8, 4) is 10.6 Å².